The SMILES string of the molecule is Cn1nccc1CCNC(=O)N(Cc1c(F)cccc1F)C1CC1. The van der Waals surface area contributed by atoms with Crippen LogP contribution in [-0.2, 0) is 20.0 Å². The highest BCUT2D eigenvalue weighted by atomic mass is 19.1. The lowest BCUT2D eigenvalue weighted by Crippen LogP contribution is -2.42. The molecule has 24 heavy (non-hydrogen) atoms. The molecule has 7 heteroatoms. The van der Waals surface area contributed by atoms with Crippen LogP contribution in [-0.4, -0.2) is 33.3 Å². The van der Waals surface area contributed by atoms with E-state index in [0.29, 0.717) is 13.0 Å². The Morgan fingerprint density at radius 2 is 2.04 bits per heavy atom. The molecule has 1 aliphatic rings. The van der Waals surface area contributed by atoms with Gasteiger partial charge in [-0.2, -0.15) is 5.10 Å². The summed E-state index contributed by atoms with van der Waals surface area (Å²) >= 11 is 0. The van der Waals surface area contributed by atoms with E-state index in [1.165, 1.54) is 23.1 Å². The normalized spacial score (nSPS) is 13.8. The molecule has 128 valence electrons. The van der Waals surface area contributed by atoms with Gasteiger partial charge in [-0.3, -0.25) is 4.68 Å². The molecule has 0 bridgehead atoms. The number of carbonyl (C=O) groups is 1. The van der Waals surface area contributed by atoms with Crippen molar-refractivity contribution in [3.05, 3.63) is 53.4 Å². The molecule has 1 fully saturated rings. The van der Waals surface area contributed by atoms with E-state index in [2.05, 4.69) is 10.4 Å². The number of carbonyl (C=O) groups excluding carboxylic acids is 1. The Morgan fingerprint density at radius 3 is 2.62 bits per heavy atom. The van der Waals surface area contributed by atoms with Crippen LogP contribution in [0.5, 0.6) is 0 Å². The third-order valence-electron chi connectivity index (χ3n) is 4.22. The molecule has 0 saturated heterocycles. The zero-order valence-electron chi connectivity index (χ0n) is 13.5. The first-order chi connectivity index (χ1) is 11.6. The number of halogens is 2. The van der Waals surface area contributed by atoms with Gasteiger partial charge >= 0.3 is 6.03 Å². The molecule has 1 N–H and O–H groups in total. The van der Waals surface area contributed by atoms with Crippen LogP contribution >= 0.6 is 0 Å². The number of amides is 2. The fourth-order valence-electron chi connectivity index (χ4n) is 2.65. The molecule has 1 aromatic carbocycles. The lowest BCUT2D eigenvalue weighted by Gasteiger charge is -2.23. The van der Waals surface area contributed by atoms with Crippen LogP contribution in [0.1, 0.15) is 24.1 Å². The lowest BCUT2D eigenvalue weighted by molar-refractivity contribution is 0.190. The molecule has 1 aromatic heterocycles. The molecule has 3 rings (SSSR count). The van der Waals surface area contributed by atoms with Gasteiger partial charge in [-0.1, -0.05) is 6.07 Å². The van der Waals surface area contributed by atoms with Crippen LogP contribution in [0.25, 0.3) is 0 Å². The fraction of sp³-hybridized carbons (Fsp3) is 0.412. The number of aromatic nitrogens is 2. The van der Waals surface area contributed by atoms with Gasteiger partial charge in [0, 0.05) is 43.5 Å². The monoisotopic (exact) mass is 334 g/mol. The van der Waals surface area contributed by atoms with Gasteiger partial charge in [-0.15, -0.1) is 0 Å². The lowest BCUT2D eigenvalue weighted by atomic mass is 10.2. The minimum absolute atomic E-state index is 0.0548. The first kappa shape index (κ1) is 16.4. The Kier molecular flexibility index (Phi) is 4.78. The maximum Gasteiger partial charge on any atom is 0.317 e. The topological polar surface area (TPSA) is 50.2 Å². The average Bonchev–Trinajstić information content (AvgIpc) is 3.30. The molecule has 0 spiro atoms. The van der Waals surface area contributed by atoms with Crippen molar-refractivity contribution in [2.75, 3.05) is 6.54 Å². The highest BCUT2D eigenvalue weighted by Crippen LogP contribution is 2.29. The van der Waals surface area contributed by atoms with E-state index < -0.39 is 11.6 Å². The Morgan fingerprint density at radius 1 is 1.33 bits per heavy atom. The first-order valence-corrected chi connectivity index (χ1v) is 8.00. The Balaban J connectivity index is 1.61. The maximum absolute atomic E-state index is 13.8. The summed E-state index contributed by atoms with van der Waals surface area (Å²) in [6.07, 6.45) is 4.08. The van der Waals surface area contributed by atoms with Gasteiger partial charge in [0.05, 0.1) is 6.54 Å². The van der Waals surface area contributed by atoms with Gasteiger partial charge in [-0.05, 0) is 31.0 Å². The Labute approximate surface area is 139 Å². The highest BCUT2D eigenvalue weighted by Gasteiger charge is 2.33. The van der Waals surface area contributed by atoms with Gasteiger partial charge in [0.1, 0.15) is 11.6 Å². The van der Waals surface area contributed by atoms with Crippen molar-refractivity contribution < 1.29 is 13.6 Å². The molecule has 0 unspecified atom stereocenters. The second kappa shape index (κ2) is 6.98. The number of hydrogen-bond acceptors (Lipinski definition) is 2. The molecule has 0 aliphatic heterocycles. The van der Waals surface area contributed by atoms with Crippen LogP contribution in [0.15, 0.2) is 30.5 Å². The second-order valence-corrected chi connectivity index (χ2v) is 5.99. The van der Waals surface area contributed by atoms with E-state index in [1.54, 1.807) is 10.9 Å². The highest BCUT2D eigenvalue weighted by molar-refractivity contribution is 5.75. The summed E-state index contributed by atoms with van der Waals surface area (Å²) in [4.78, 5) is 13.9. The minimum Gasteiger partial charge on any atom is -0.338 e. The van der Waals surface area contributed by atoms with Gasteiger partial charge in [-0.25, -0.2) is 13.6 Å². The number of aryl methyl sites for hydroxylation is 1. The predicted molar refractivity (Wildman–Crippen MR) is 85.2 cm³/mol. The molecule has 0 radical (unpaired) electrons. The van der Waals surface area contributed by atoms with Crippen molar-refractivity contribution in [3.8, 4) is 0 Å². The first-order valence-electron chi connectivity index (χ1n) is 8.00. The fourth-order valence-corrected chi connectivity index (χ4v) is 2.65. The summed E-state index contributed by atoms with van der Waals surface area (Å²) in [5.41, 5.74) is 0.944. The van der Waals surface area contributed by atoms with Gasteiger partial charge < -0.3 is 10.2 Å². The molecule has 1 saturated carbocycles. The Hall–Kier alpha value is -2.44. The number of nitrogens with zero attached hydrogens (tertiary/aromatic N) is 3. The molecule has 1 aliphatic carbocycles. The summed E-state index contributed by atoms with van der Waals surface area (Å²) in [6, 6.07) is 5.40. The molecule has 0 atom stereocenters. The number of benzene rings is 1. The van der Waals surface area contributed by atoms with E-state index in [-0.39, 0.29) is 24.2 Å². The second-order valence-electron chi connectivity index (χ2n) is 5.99. The number of nitrogens with one attached hydrogen (secondary N) is 1. The van der Waals surface area contributed by atoms with Crippen molar-refractivity contribution in [1.82, 2.24) is 20.0 Å². The summed E-state index contributed by atoms with van der Waals surface area (Å²) in [5, 5.41) is 6.90. The molecular formula is C17H20F2N4O. The van der Waals surface area contributed by atoms with Crippen molar-refractivity contribution >= 4 is 6.03 Å². The predicted octanol–water partition coefficient (Wildman–Crippen LogP) is 2.62. The summed E-state index contributed by atoms with van der Waals surface area (Å²) in [6.45, 7) is 0.391. The van der Waals surface area contributed by atoms with Gasteiger partial charge in [0.25, 0.3) is 0 Å². The van der Waals surface area contributed by atoms with E-state index in [9.17, 15) is 13.6 Å². The van der Waals surface area contributed by atoms with E-state index in [0.717, 1.165) is 18.5 Å². The van der Waals surface area contributed by atoms with Gasteiger partial charge in [0.15, 0.2) is 0 Å². The summed E-state index contributed by atoms with van der Waals surface area (Å²) in [7, 11) is 1.84. The average molecular weight is 334 g/mol. The van der Waals surface area contributed by atoms with Crippen molar-refractivity contribution in [2.24, 2.45) is 7.05 Å². The standard InChI is InChI=1S/C17H20F2N4O/c1-22-12(8-10-21-22)7-9-20-17(24)23(13-5-6-13)11-14-15(18)3-2-4-16(14)19/h2-4,8,10,13H,5-7,9,11H2,1H3,(H,20,24). The van der Waals surface area contributed by atoms with E-state index >= 15 is 0 Å². The number of hydrogen-bond donors (Lipinski definition) is 1. The zero-order valence-corrected chi connectivity index (χ0v) is 13.5. The van der Waals surface area contributed by atoms with Crippen LogP contribution in [0.4, 0.5) is 13.6 Å². The van der Waals surface area contributed by atoms with E-state index in [4.69, 9.17) is 0 Å². The minimum atomic E-state index is -0.622. The van der Waals surface area contributed by atoms with Crippen LogP contribution in [0, 0.1) is 11.6 Å². The molecule has 5 nitrogen and oxygen atoms in total. The van der Waals surface area contributed by atoms with Crippen LogP contribution in [0.2, 0.25) is 0 Å². The molecule has 2 aromatic rings. The smallest absolute Gasteiger partial charge is 0.317 e. The van der Waals surface area contributed by atoms with Crippen LogP contribution in [0.3, 0.4) is 0 Å². The van der Waals surface area contributed by atoms with Gasteiger partial charge in [0.2, 0.25) is 0 Å². The summed E-state index contributed by atoms with van der Waals surface area (Å²) in [5.74, 6) is -1.24. The van der Waals surface area contributed by atoms with Crippen molar-refractivity contribution in [3.63, 3.8) is 0 Å². The van der Waals surface area contributed by atoms with Crippen molar-refractivity contribution in [2.45, 2.75) is 31.8 Å². The molecular weight excluding hydrogens is 314 g/mol. The largest absolute Gasteiger partial charge is 0.338 e. The van der Waals surface area contributed by atoms with Crippen LogP contribution < -0.4 is 5.32 Å². The Bertz CT molecular complexity index is 707. The molecule has 1 heterocycles. The quantitative estimate of drug-likeness (QED) is 0.883. The maximum atomic E-state index is 13.8. The summed E-state index contributed by atoms with van der Waals surface area (Å²) < 4.78 is 29.4. The third-order valence-corrected chi connectivity index (χ3v) is 4.22. The third kappa shape index (κ3) is 3.72. The van der Waals surface area contributed by atoms with E-state index in [1.807, 2.05) is 13.1 Å². The zero-order chi connectivity index (χ0) is 17.1. The number of rotatable bonds is 6. The van der Waals surface area contributed by atoms with Crippen molar-refractivity contribution in [1.29, 1.82) is 0 Å². The molecule has 2 amide bonds. The number of urea groups is 1.